The Morgan fingerprint density at radius 2 is 1.82 bits per heavy atom. The molecule has 3 rings (SSSR count). The monoisotopic (exact) mass is 379 g/mol. The van der Waals surface area contributed by atoms with Gasteiger partial charge in [-0.2, -0.15) is 4.98 Å². The number of ether oxygens (including phenoxy) is 2. The third-order valence-corrected chi connectivity index (χ3v) is 3.97. The molecule has 4 N–H and O–H groups in total. The molecule has 0 unspecified atom stereocenters. The van der Waals surface area contributed by atoms with Crippen molar-refractivity contribution in [2.24, 2.45) is 0 Å². The van der Waals surface area contributed by atoms with E-state index in [0.29, 0.717) is 11.5 Å². The third-order valence-electron chi connectivity index (χ3n) is 3.97. The second-order valence-corrected chi connectivity index (χ2v) is 6.06. The van der Waals surface area contributed by atoms with Crippen LogP contribution in [-0.2, 0) is 4.79 Å². The van der Waals surface area contributed by atoms with Gasteiger partial charge in [0.25, 0.3) is 5.91 Å². The molecule has 8 nitrogen and oxygen atoms in total. The number of hydrazine groups is 1. The molecule has 28 heavy (non-hydrogen) atoms. The molecule has 0 radical (unpaired) electrons. The van der Waals surface area contributed by atoms with Gasteiger partial charge < -0.3 is 15.2 Å². The van der Waals surface area contributed by atoms with Crippen molar-refractivity contribution >= 4 is 17.4 Å². The van der Waals surface area contributed by atoms with Crippen LogP contribution >= 0.6 is 0 Å². The fourth-order valence-electron chi connectivity index (χ4n) is 2.28. The first-order chi connectivity index (χ1) is 13.5. The lowest BCUT2D eigenvalue weighted by Crippen LogP contribution is -2.34. The van der Waals surface area contributed by atoms with Gasteiger partial charge in [-0.25, -0.2) is 4.98 Å². The summed E-state index contributed by atoms with van der Waals surface area (Å²) in [6, 6.07) is 14.7. The highest BCUT2D eigenvalue weighted by molar-refractivity contribution is 5.80. The molecular weight excluding hydrogens is 358 g/mol. The van der Waals surface area contributed by atoms with E-state index in [9.17, 15) is 4.79 Å². The molecule has 0 atom stereocenters. The summed E-state index contributed by atoms with van der Waals surface area (Å²) in [5, 5.41) is 0. The number of carbonyl (C=O) groups is 1. The Labute approximate surface area is 162 Å². The van der Waals surface area contributed by atoms with E-state index in [1.54, 1.807) is 12.1 Å². The number of nitrogens with one attached hydrogen (secondary N) is 2. The van der Waals surface area contributed by atoms with E-state index in [2.05, 4.69) is 20.8 Å². The number of benzene rings is 2. The van der Waals surface area contributed by atoms with Gasteiger partial charge in [0.05, 0.1) is 0 Å². The highest BCUT2D eigenvalue weighted by Gasteiger charge is 2.12. The maximum Gasteiger partial charge on any atom is 0.276 e. The number of para-hydroxylation sites is 1. The molecule has 0 aliphatic carbocycles. The zero-order valence-corrected chi connectivity index (χ0v) is 15.6. The predicted octanol–water partition coefficient (Wildman–Crippen LogP) is 2.99. The minimum absolute atomic E-state index is 0.159. The standard InChI is InChI=1S/C20H21N5O3/c1-13-8-9-16(10-14(13)2)28-20-18(21)19(22-12-23-20)25-24-17(26)11-27-15-6-4-3-5-7-15/h3-10,12H,11,21H2,1-2H3,(H,24,26)(H,22,23,25). The van der Waals surface area contributed by atoms with Crippen LogP contribution in [0.2, 0.25) is 0 Å². The van der Waals surface area contributed by atoms with Crippen molar-refractivity contribution in [2.75, 3.05) is 17.8 Å². The van der Waals surface area contributed by atoms with E-state index in [0.717, 1.165) is 11.1 Å². The van der Waals surface area contributed by atoms with E-state index in [-0.39, 0.29) is 24.0 Å². The smallest absolute Gasteiger partial charge is 0.276 e. The van der Waals surface area contributed by atoms with Gasteiger partial charge in [-0.3, -0.25) is 15.6 Å². The van der Waals surface area contributed by atoms with Crippen LogP contribution in [0.3, 0.4) is 0 Å². The fourth-order valence-corrected chi connectivity index (χ4v) is 2.28. The molecule has 3 aromatic rings. The number of amides is 1. The minimum Gasteiger partial charge on any atom is -0.484 e. The van der Waals surface area contributed by atoms with Crippen molar-refractivity contribution in [3.63, 3.8) is 0 Å². The molecule has 0 saturated heterocycles. The number of nitrogens with two attached hydrogens (primary N) is 1. The van der Waals surface area contributed by atoms with E-state index in [1.165, 1.54) is 6.33 Å². The number of nitrogens with zero attached hydrogens (tertiary/aromatic N) is 2. The summed E-state index contributed by atoms with van der Waals surface area (Å²) in [4.78, 5) is 20.0. The van der Waals surface area contributed by atoms with Crippen LogP contribution in [0.15, 0.2) is 54.9 Å². The highest BCUT2D eigenvalue weighted by atomic mass is 16.5. The first-order valence-corrected chi connectivity index (χ1v) is 8.61. The number of anilines is 2. The average molecular weight is 379 g/mol. The van der Waals surface area contributed by atoms with Crippen LogP contribution in [0, 0.1) is 13.8 Å². The van der Waals surface area contributed by atoms with Crippen LogP contribution in [0.1, 0.15) is 11.1 Å². The molecule has 0 bridgehead atoms. The molecule has 1 heterocycles. The van der Waals surface area contributed by atoms with Crippen molar-refractivity contribution < 1.29 is 14.3 Å². The molecule has 1 aromatic heterocycles. The van der Waals surface area contributed by atoms with Crippen molar-refractivity contribution in [2.45, 2.75) is 13.8 Å². The number of hydrogen-bond acceptors (Lipinski definition) is 7. The van der Waals surface area contributed by atoms with Gasteiger partial charge in [0.1, 0.15) is 23.5 Å². The summed E-state index contributed by atoms with van der Waals surface area (Å²) in [7, 11) is 0. The molecule has 0 aliphatic rings. The molecule has 0 aliphatic heterocycles. The van der Waals surface area contributed by atoms with Gasteiger partial charge in [-0.15, -0.1) is 0 Å². The maximum atomic E-state index is 11.9. The van der Waals surface area contributed by atoms with Crippen molar-refractivity contribution in [1.29, 1.82) is 0 Å². The summed E-state index contributed by atoms with van der Waals surface area (Å²) < 4.78 is 11.1. The molecule has 0 spiro atoms. The average Bonchev–Trinajstić information content (AvgIpc) is 2.70. The second kappa shape index (κ2) is 8.72. The van der Waals surface area contributed by atoms with Gasteiger partial charge in [-0.05, 0) is 49.2 Å². The lowest BCUT2D eigenvalue weighted by molar-refractivity contribution is -0.122. The van der Waals surface area contributed by atoms with Crippen molar-refractivity contribution in [3.05, 3.63) is 66.0 Å². The lowest BCUT2D eigenvalue weighted by Gasteiger charge is -2.13. The van der Waals surface area contributed by atoms with Crippen molar-refractivity contribution in [1.82, 2.24) is 15.4 Å². The molecule has 144 valence electrons. The first kappa shape index (κ1) is 19.0. The zero-order chi connectivity index (χ0) is 19.9. The van der Waals surface area contributed by atoms with Crippen LogP contribution < -0.4 is 26.1 Å². The Kier molecular flexibility index (Phi) is 5.91. The Morgan fingerprint density at radius 1 is 1.04 bits per heavy atom. The SMILES string of the molecule is Cc1ccc(Oc2ncnc(NNC(=O)COc3ccccc3)c2N)cc1C. The fraction of sp³-hybridized carbons (Fsp3) is 0.150. The Morgan fingerprint density at radius 3 is 2.57 bits per heavy atom. The summed E-state index contributed by atoms with van der Waals surface area (Å²) in [5.74, 6) is 1.24. The van der Waals surface area contributed by atoms with Gasteiger partial charge in [0.2, 0.25) is 5.88 Å². The maximum absolute atomic E-state index is 11.9. The first-order valence-electron chi connectivity index (χ1n) is 8.61. The Bertz CT molecular complexity index is 963. The minimum atomic E-state index is -0.390. The zero-order valence-electron chi connectivity index (χ0n) is 15.6. The predicted molar refractivity (Wildman–Crippen MR) is 106 cm³/mol. The molecule has 0 fully saturated rings. The number of carbonyl (C=O) groups excluding carboxylic acids is 1. The topological polar surface area (TPSA) is 111 Å². The summed E-state index contributed by atoms with van der Waals surface area (Å²) in [6.07, 6.45) is 1.29. The van der Waals surface area contributed by atoms with Gasteiger partial charge in [-0.1, -0.05) is 24.3 Å². The summed E-state index contributed by atoms with van der Waals surface area (Å²) >= 11 is 0. The van der Waals surface area contributed by atoms with E-state index >= 15 is 0 Å². The quantitative estimate of drug-likeness (QED) is 0.541. The van der Waals surface area contributed by atoms with Gasteiger partial charge in [0.15, 0.2) is 12.4 Å². The summed E-state index contributed by atoms with van der Waals surface area (Å²) in [5.41, 5.74) is 13.6. The van der Waals surface area contributed by atoms with E-state index in [1.807, 2.05) is 50.2 Å². The van der Waals surface area contributed by atoms with Crippen LogP contribution in [0.5, 0.6) is 17.4 Å². The van der Waals surface area contributed by atoms with Crippen LogP contribution in [-0.4, -0.2) is 22.5 Å². The molecular formula is C20H21N5O3. The third kappa shape index (κ3) is 4.88. The number of hydrogen-bond donors (Lipinski definition) is 3. The van der Waals surface area contributed by atoms with Gasteiger partial charge >= 0.3 is 0 Å². The number of aromatic nitrogens is 2. The largest absolute Gasteiger partial charge is 0.484 e. The van der Waals surface area contributed by atoms with E-state index in [4.69, 9.17) is 15.2 Å². The highest BCUT2D eigenvalue weighted by Crippen LogP contribution is 2.29. The summed E-state index contributed by atoms with van der Waals surface area (Å²) in [6.45, 7) is 3.85. The number of rotatable bonds is 7. The van der Waals surface area contributed by atoms with Crippen LogP contribution in [0.4, 0.5) is 11.5 Å². The second-order valence-electron chi connectivity index (χ2n) is 6.06. The van der Waals surface area contributed by atoms with Gasteiger partial charge in [0, 0.05) is 0 Å². The lowest BCUT2D eigenvalue weighted by atomic mass is 10.1. The molecule has 1 amide bonds. The Hall–Kier alpha value is -3.81. The number of aryl methyl sites for hydroxylation is 2. The van der Waals surface area contributed by atoms with E-state index < -0.39 is 5.91 Å². The molecule has 0 saturated carbocycles. The normalized spacial score (nSPS) is 10.2. The van der Waals surface area contributed by atoms with Crippen LogP contribution in [0.25, 0.3) is 0 Å². The van der Waals surface area contributed by atoms with Crippen molar-refractivity contribution in [3.8, 4) is 17.4 Å². The molecule has 8 heteroatoms. The Balaban J connectivity index is 1.59. The molecule has 2 aromatic carbocycles. The number of nitrogen functional groups attached to an aromatic ring is 1.